The highest BCUT2D eigenvalue weighted by Gasteiger charge is 2.14. The van der Waals surface area contributed by atoms with Crippen molar-refractivity contribution in [1.82, 2.24) is 0 Å². The van der Waals surface area contributed by atoms with E-state index in [1.807, 2.05) is 24.3 Å². The predicted octanol–water partition coefficient (Wildman–Crippen LogP) is 5.51. The van der Waals surface area contributed by atoms with E-state index in [1.165, 1.54) is 25.5 Å². The molecular weight excluding hydrogens is 324 g/mol. The van der Waals surface area contributed by atoms with Crippen LogP contribution in [0.3, 0.4) is 0 Å². The Kier molecular flexibility index (Phi) is 10.2. The maximum absolute atomic E-state index is 11.5. The van der Waals surface area contributed by atoms with E-state index in [0.717, 1.165) is 23.7 Å². The van der Waals surface area contributed by atoms with Crippen LogP contribution in [0, 0.1) is 17.8 Å². The summed E-state index contributed by atoms with van der Waals surface area (Å²) in [6.45, 7) is 9.03. The number of carbonyl (C=O) groups excluding carboxylic acids is 1. The summed E-state index contributed by atoms with van der Waals surface area (Å²) in [5, 5.41) is 0. The van der Waals surface area contributed by atoms with Gasteiger partial charge in [0.1, 0.15) is 12.4 Å². The molecule has 1 rings (SSSR count). The number of esters is 1. The van der Waals surface area contributed by atoms with Crippen molar-refractivity contribution >= 4 is 5.97 Å². The third-order valence-corrected chi connectivity index (χ3v) is 4.23. The Morgan fingerprint density at radius 1 is 1.23 bits per heavy atom. The average Bonchev–Trinajstić information content (AvgIpc) is 2.61. The lowest BCUT2D eigenvalue weighted by Crippen LogP contribution is -2.07. The van der Waals surface area contributed by atoms with Crippen LogP contribution in [0.5, 0.6) is 5.75 Å². The second kappa shape index (κ2) is 12.2. The van der Waals surface area contributed by atoms with Gasteiger partial charge in [-0.3, -0.25) is 4.79 Å². The zero-order chi connectivity index (χ0) is 19.4. The van der Waals surface area contributed by atoms with E-state index in [-0.39, 0.29) is 18.3 Å². The van der Waals surface area contributed by atoms with E-state index >= 15 is 0 Å². The lowest BCUT2D eigenvalue weighted by Gasteiger charge is -2.11. The zero-order valence-electron chi connectivity index (χ0n) is 16.8. The van der Waals surface area contributed by atoms with E-state index in [0.29, 0.717) is 6.61 Å². The van der Waals surface area contributed by atoms with Crippen LogP contribution in [-0.2, 0) is 9.53 Å². The van der Waals surface area contributed by atoms with Gasteiger partial charge in [0.25, 0.3) is 0 Å². The summed E-state index contributed by atoms with van der Waals surface area (Å²) >= 11 is 0. The average molecular weight is 357 g/mol. The Hall–Kier alpha value is -2.21. The molecule has 3 heteroatoms. The molecule has 0 spiro atoms. The minimum Gasteiger partial charge on any atom is -0.490 e. The largest absolute Gasteiger partial charge is 0.490 e. The molecule has 0 aliphatic rings. The van der Waals surface area contributed by atoms with Crippen LogP contribution in [0.15, 0.2) is 35.9 Å². The van der Waals surface area contributed by atoms with Crippen LogP contribution >= 0.6 is 0 Å². The summed E-state index contributed by atoms with van der Waals surface area (Å²) in [5.41, 5.74) is 2.37. The van der Waals surface area contributed by atoms with Gasteiger partial charge < -0.3 is 9.47 Å². The van der Waals surface area contributed by atoms with Crippen molar-refractivity contribution in [3.8, 4) is 17.6 Å². The van der Waals surface area contributed by atoms with E-state index in [9.17, 15) is 4.79 Å². The molecule has 0 saturated heterocycles. The fourth-order valence-electron chi connectivity index (χ4n) is 2.64. The molecule has 1 atom stereocenters. The molecule has 0 aromatic heterocycles. The number of allylic oxidation sites excluding steroid dienone is 1. The Balaban J connectivity index is 2.55. The highest BCUT2D eigenvalue weighted by atomic mass is 16.5. The fraction of sp³-hybridized carbons (Fsp3) is 0.522. The summed E-state index contributed by atoms with van der Waals surface area (Å²) in [5.74, 6) is 7.13. The number of benzene rings is 1. The van der Waals surface area contributed by atoms with Crippen LogP contribution in [-0.4, -0.2) is 19.7 Å². The molecule has 142 valence electrons. The quantitative estimate of drug-likeness (QED) is 0.315. The summed E-state index contributed by atoms with van der Waals surface area (Å²) in [4.78, 5) is 11.5. The first kappa shape index (κ1) is 21.8. The molecule has 0 bridgehead atoms. The van der Waals surface area contributed by atoms with Crippen molar-refractivity contribution in [3.05, 3.63) is 41.5 Å². The van der Waals surface area contributed by atoms with Gasteiger partial charge in [0.15, 0.2) is 0 Å². The van der Waals surface area contributed by atoms with Crippen molar-refractivity contribution in [3.63, 3.8) is 0 Å². The smallest absolute Gasteiger partial charge is 0.307 e. The van der Waals surface area contributed by atoms with Crippen molar-refractivity contribution < 1.29 is 14.3 Å². The van der Waals surface area contributed by atoms with Crippen molar-refractivity contribution in [2.75, 3.05) is 13.7 Å². The van der Waals surface area contributed by atoms with Crippen LogP contribution in [0.4, 0.5) is 0 Å². The molecule has 3 nitrogen and oxygen atoms in total. The lowest BCUT2D eigenvalue weighted by atomic mass is 9.96. The minimum atomic E-state index is -0.254. The van der Waals surface area contributed by atoms with Crippen LogP contribution in [0.25, 0.3) is 0 Å². The molecule has 0 saturated carbocycles. The summed E-state index contributed by atoms with van der Waals surface area (Å²) in [6, 6.07) is 7.79. The van der Waals surface area contributed by atoms with E-state index in [2.05, 4.69) is 38.7 Å². The number of ether oxygens (including phenoxy) is 2. The molecule has 0 fully saturated rings. The van der Waals surface area contributed by atoms with Gasteiger partial charge in [0.2, 0.25) is 0 Å². The highest BCUT2D eigenvalue weighted by molar-refractivity contribution is 5.71. The molecule has 26 heavy (non-hydrogen) atoms. The maximum Gasteiger partial charge on any atom is 0.307 e. The van der Waals surface area contributed by atoms with E-state index < -0.39 is 0 Å². The first-order valence-electron chi connectivity index (χ1n) is 9.33. The number of hydrogen-bond acceptors (Lipinski definition) is 3. The first-order valence-corrected chi connectivity index (χ1v) is 9.33. The molecule has 0 unspecified atom stereocenters. The Morgan fingerprint density at radius 3 is 2.50 bits per heavy atom. The SMILES string of the molecule is CC#C[C@H](CC(=O)OC)c1ccc(OC/C=C(\C)CCCC(C)C)cc1. The highest BCUT2D eigenvalue weighted by Crippen LogP contribution is 2.22. The third-order valence-electron chi connectivity index (χ3n) is 4.23. The van der Waals surface area contributed by atoms with Gasteiger partial charge in [-0.15, -0.1) is 5.92 Å². The summed E-state index contributed by atoms with van der Waals surface area (Å²) in [7, 11) is 1.40. The van der Waals surface area contributed by atoms with Crippen LogP contribution < -0.4 is 4.74 Å². The minimum absolute atomic E-state index is 0.149. The predicted molar refractivity (Wildman–Crippen MR) is 107 cm³/mol. The van der Waals surface area contributed by atoms with Gasteiger partial charge in [-0.25, -0.2) is 0 Å². The number of methoxy groups -OCH3 is 1. The van der Waals surface area contributed by atoms with Gasteiger partial charge in [-0.1, -0.05) is 43.9 Å². The molecule has 0 N–H and O–H groups in total. The van der Waals surface area contributed by atoms with Gasteiger partial charge in [-0.05, 0) is 56.4 Å². The Bertz CT molecular complexity index is 630. The monoisotopic (exact) mass is 356 g/mol. The van der Waals surface area contributed by atoms with Crippen molar-refractivity contribution in [1.29, 1.82) is 0 Å². The van der Waals surface area contributed by atoms with Crippen LogP contribution in [0.2, 0.25) is 0 Å². The Labute approximate surface area is 158 Å². The van der Waals surface area contributed by atoms with Gasteiger partial charge in [-0.2, -0.15) is 0 Å². The number of hydrogen-bond donors (Lipinski definition) is 0. The van der Waals surface area contributed by atoms with E-state index in [1.54, 1.807) is 6.92 Å². The lowest BCUT2D eigenvalue weighted by molar-refractivity contribution is -0.140. The normalized spacial score (nSPS) is 12.3. The van der Waals surface area contributed by atoms with Gasteiger partial charge in [0.05, 0.1) is 19.4 Å². The number of rotatable bonds is 10. The molecule has 1 aromatic carbocycles. The molecule has 0 aliphatic carbocycles. The van der Waals surface area contributed by atoms with E-state index in [4.69, 9.17) is 9.47 Å². The zero-order valence-corrected chi connectivity index (χ0v) is 16.8. The molecule has 0 radical (unpaired) electrons. The van der Waals surface area contributed by atoms with Crippen molar-refractivity contribution in [2.45, 2.75) is 59.3 Å². The second-order valence-electron chi connectivity index (χ2n) is 6.94. The van der Waals surface area contributed by atoms with Gasteiger partial charge >= 0.3 is 5.97 Å². The fourth-order valence-corrected chi connectivity index (χ4v) is 2.64. The molecule has 0 aliphatic heterocycles. The second-order valence-corrected chi connectivity index (χ2v) is 6.94. The topological polar surface area (TPSA) is 35.5 Å². The maximum atomic E-state index is 11.5. The molecule has 1 aromatic rings. The molecule has 0 amide bonds. The molecular formula is C23H32O3. The first-order chi connectivity index (χ1) is 12.5. The summed E-state index contributed by atoms with van der Waals surface area (Å²) < 4.78 is 10.5. The Morgan fingerprint density at radius 2 is 1.92 bits per heavy atom. The molecule has 0 heterocycles. The van der Waals surface area contributed by atoms with Crippen LogP contribution in [0.1, 0.15) is 64.9 Å². The standard InChI is InChI=1S/C23H32O3/c1-6-8-21(17-23(24)25-5)20-11-13-22(14-12-20)26-16-15-19(4)10-7-9-18(2)3/h11-15,18,21H,7,9-10,16-17H2,1-5H3/b19-15+/t21-/m1/s1. The third kappa shape index (κ3) is 8.76. The summed E-state index contributed by atoms with van der Waals surface area (Å²) in [6.07, 6.45) is 6.04. The van der Waals surface area contributed by atoms with Gasteiger partial charge in [0, 0.05) is 0 Å². The van der Waals surface area contributed by atoms with Crippen molar-refractivity contribution in [2.24, 2.45) is 5.92 Å². The number of carbonyl (C=O) groups is 1.